The SMILES string of the molecule is N#Cc1cnc(C2CCOc3ccccc32)nc1N. The molecule has 0 radical (unpaired) electrons. The fraction of sp³-hybridized carbons (Fsp3) is 0.214. The average Bonchev–Trinajstić information content (AvgIpc) is 2.46. The van der Waals surface area contributed by atoms with Crippen LogP contribution in [0.25, 0.3) is 0 Å². The molecule has 0 aliphatic carbocycles. The van der Waals surface area contributed by atoms with Crippen LogP contribution < -0.4 is 10.5 Å². The second-order valence-corrected chi connectivity index (χ2v) is 4.37. The highest BCUT2D eigenvalue weighted by Gasteiger charge is 2.25. The molecule has 2 heterocycles. The van der Waals surface area contributed by atoms with E-state index in [1.165, 1.54) is 6.20 Å². The van der Waals surface area contributed by atoms with Gasteiger partial charge in [0.1, 0.15) is 29.0 Å². The van der Waals surface area contributed by atoms with Crippen LogP contribution in [0.1, 0.15) is 29.3 Å². The van der Waals surface area contributed by atoms with Crippen LogP contribution in [0.5, 0.6) is 5.75 Å². The molecular formula is C14H12N4O. The van der Waals surface area contributed by atoms with E-state index in [-0.39, 0.29) is 11.7 Å². The average molecular weight is 252 g/mol. The van der Waals surface area contributed by atoms with E-state index in [4.69, 9.17) is 15.7 Å². The third kappa shape index (κ3) is 1.97. The zero-order chi connectivity index (χ0) is 13.2. The summed E-state index contributed by atoms with van der Waals surface area (Å²) < 4.78 is 5.61. The maximum Gasteiger partial charge on any atom is 0.145 e. The number of hydrogen-bond donors (Lipinski definition) is 1. The van der Waals surface area contributed by atoms with Crippen molar-refractivity contribution in [2.75, 3.05) is 12.3 Å². The molecule has 2 aromatic rings. The Bertz CT molecular complexity index is 663. The summed E-state index contributed by atoms with van der Waals surface area (Å²) in [6.45, 7) is 0.630. The number of nitrogens with zero attached hydrogens (tertiary/aromatic N) is 3. The number of anilines is 1. The van der Waals surface area contributed by atoms with E-state index in [1.54, 1.807) is 0 Å². The number of benzene rings is 1. The summed E-state index contributed by atoms with van der Waals surface area (Å²) in [6, 6.07) is 9.83. The van der Waals surface area contributed by atoms with Gasteiger partial charge < -0.3 is 10.5 Å². The lowest BCUT2D eigenvalue weighted by molar-refractivity contribution is 0.274. The Morgan fingerprint density at radius 2 is 2.21 bits per heavy atom. The molecule has 0 saturated heterocycles. The summed E-state index contributed by atoms with van der Waals surface area (Å²) in [7, 11) is 0. The zero-order valence-electron chi connectivity index (χ0n) is 10.2. The molecule has 0 fully saturated rings. The Balaban J connectivity index is 2.05. The van der Waals surface area contributed by atoms with Crippen molar-refractivity contribution < 1.29 is 4.74 Å². The maximum atomic E-state index is 8.85. The van der Waals surface area contributed by atoms with Crippen molar-refractivity contribution in [2.45, 2.75) is 12.3 Å². The first kappa shape index (κ1) is 11.5. The third-order valence-corrected chi connectivity index (χ3v) is 3.23. The molecule has 2 N–H and O–H groups in total. The van der Waals surface area contributed by atoms with Crippen LogP contribution in [0.3, 0.4) is 0 Å². The molecule has 1 aromatic heterocycles. The van der Waals surface area contributed by atoms with Crippen molar-refractivity contribution in [3.8, 4) is 11.8 Å². The standard InChI is InChI=1S/C14H12N4O/c15-7-9-8-17-14(18-13(9)16)11-5-6-19-12-4-2-1-3-10(11)12/h1-4,8,11H,5-6H2,(H2,16,17,18). The molecule has 0 amide bonds. The number of nitrogens with two attached hydrogens (primary N) is 1. The highest BCUT2D eigenvalue weighted by molar-refractivity contribution is 5.48. The van der Waals surface area contributed by atoms with Gasteiger partial charge in [0.2, 0.25) is 0 Å². The van der Waals surface area contributed by atoms with Crippen molar-refractivity contribution >= 4 is 5.82 Å². The summed E-state index contributed by atoms with van der Waals surface area (Å²) in [5, 5.41) is 8.85. The minimum atomic E-state index is 0.0694. The predicted octanol–water partition coefficient (Wildman–Crippen LogP) is 1.84. The first-order valence-electron chi connectivity index (χ1n) is 6.04. The summed E-state index contributed by atoms with van der Waals surface area (Å²) in [5.74, 6) is 1.81. The minimum absolute atomic E-state index is 0.0694. The van der Waals surface area contributed by atoms with Crippen LogP contribution in [-0.4, -0.2) is 16.6 Å². The highest BCUT2D eigenvalue weighted by Crippen LogP contribution is 2.36. The number of aromatic nitrogens is 2. The summed E-state index contributed by atoms with van der Waals surface area (Å²) >= 11 is 0. The second-order valence-electron chi connectivity index (χ2n) is 4.37. The third-order valence-electron chi connectivity index (χ3n) is 3.23. The fourth-order valence-corrected chi connectivity index (χ4v) is 2.27. The number of nitriles is 1. The van der Waals surface area contributed by atoms with Gasteiger partial charge in [-0.1, -0.05) is 18.2 Å². The fourth-order valence-electron chi connectivity index (χ4n) is 2.27. The van der Waals surface area contributed by atoms with Crippen LogP contribution in [0.4, 0.5) is 5.82 Å². The van der Waals surface area contributed by atoms with Crippen LogP contribution in [0, 0.1) is 11.3 Å². The zero-order valence-corrected chi connectivity index (χ0v) is 10.2. The first-order chi connectivity index (χ1) is 9.29. The molecule has 0 bridgehead atoms. The summed E-state index contributed by atoms with van der Waals surface area (Å²) in [4.78, 5) is 8.52. The van der Waals surface area contributed by atoms with Crippen molar-refractivity contribution in [1.29, 1.82) is 5.26 Å². The predicted molar refractivity (Wildman–Crippen MR) is 69.6 cm³/mol. The van der Waals surface area contributed by atoms with Crippen molar-refractivity contribution in [3.63, 3.8) is 0 Å². The molecule has 94 valence electrons. The van der Waals surface area contributed by atoms with E-state index >= 15 is 0 Å². The number of hydrogen-bond acceptors (Lipinski definition) is 5. The van der Waals surface area contributed by atoms with E-state index in [2.05, 4.69) is 9.97 Å². The monoisotopic (exact) mass is 252 g/mol. The molecule has 0 spiro atoms. The lowest BCUT2D eigenvalue weighted by Gasteiger charge is -2.24. The Labute approximate surface area is 110 Å². The maximum absolute atomic E-state index is 8.85. The normalized spacial score (nSPS) is 17.1. The molecule has 5 nitrogen and oxygen atoms in total. The van der Waals surface area contributed by atoms with E-state index in [1.807, 2.05) is 30.3 Å². The number of fused-ring (bicyclic) bond motifs is 1. The van der Waals surface area contributed by atoms with E-state index in [0.29, 0.717) is 18.0 Å². The molecule has 1 aromatic carbocycles. The molecule has 1 aliphatic heterocycles. The van der Waals surface area contributed by atoms with Crippen LogP contribution in [0.2, 0.25) is 0 Å². The minimum Gasteiger partial charge on any atom is -0.493 e. The van der Waals surface area contributed by atoms with E-state index in [0.717, 1.165) is 17.7 Å². The molecule has 1 unspecified atom stereocenters. The highest BCUT2D eigenvalue weighted by atomic mass is 16.5. The number of nitrogen functional groups attached to an aromatic ring is 1. The second kappa shape index (κ2) is 4.58. The lowest BCUT2D eigenvalue weighted by Crippen LogP contribution is -2.17. The van der Waals surface area contributed by atoms with Gasteiger partial charge in [-0.15, -0.1) is 0 Å². The van der Waals surface area contributed by atoms with Gasteiger partial charge in [-0.25, -0.2) is 9.97 Å². The molecule has 1 aliphatic rings. The van der Waals surface area contributed by atoms with Gasteiger partial charge in [-0.3, -0.25) is 0 Å². The van der Waals surface area contributed by atoms with Gasteiger partial charge in [0.25, 0.3) is 0 Å². The molecule has 3 rings (SSSR count). The van der Waals surface area contributed by atoms with Gasteiger partial charge in [0.15, 0.2) is 0 Å². The van der Waals surface area contributed by atoms with Gasteiger partial charge in [-0.05, 0) is 12.5 Å². The van der Waals surface area contributed by atoms with Gasteiger partial charge in [-0.2, -0.15) is 5.26 Å². The first-order valence-corrected chi connectivity index (χ1v) is 6.04. The Kier molecular flexibility index (Phi) is 2.76. The van der Waals surface area contributed by atoms with Crippen molar-refractivity contribution in [3.05, 3.63) is 47.4 Å². The van der Waals surface area contributed by atoms with Crippen molar-refractivity contribution in [2.24, 2.45) is 0 Å². The molecular weight excluding hydrogens is 240 g/mol. The summed E-state index contributed by atoms with van der Waals surface area (Å²) in [5.41, 5.74) is 7.13. The Hall–Kier alpha value is -2.61. The van der Waals surface area contributed by atoms with Gasteiger partial charge >= 0.3 is 0 Å². The van der Waals surface area contributed by atoms with Crippen LogP contribution in [0.15, 0.2) is 30.5 Å². The molecule has 5 heteroatoms. The van der Waals surface area contributed by atoms with Gasteiger partial charge in [0, 0.05) is 5.56 Å². The lowest BCUT2D eigenvalue weighted by atomic mass is 9.92. The molecule has 1 atom stereocenters. The molecule has 19 heavy (non-hydrogen) atoms. The Morgan fingerprint density at radius 1 is 1.37 bits per heavy atom. The van der Waals surface area contributed by atoms with E-state index < -0.39 is 0 Å². The smallest absolute Gasteiger partial charge is 0.145 e. The van der Waals surface area contributed by atoms with Crippen molar-refractivity contribution in [1.82, 2.24) is 9.97 Å². The Morgan fingerprint density at radius 3 is 3.00 bits per heavy atom. The van der Waals surface area contributed by atoms with Crippen LogP contribution in [-0.2, 0) is 0 Å². The largest absolute Gasteiger partial charge is 0.493 e. The molecule has 0 saturated carbocycles. The number of rotatable bonds is 1. The number of para-hydroxylation sites is 1. The van der Waals surface area contributed by atoms with E-state index in [9.17, 15) is 0 Å². The number of ether oxygens (including phenoxy) is 1. The van der Waals surface area contributed by atoms with Crippen LogP contribution >= 0.6 is 0 Å². The van der Waals surface area contributed by atoms with Gasteiger partial charge in [0.05, 0.1) is 18.7 Å². The topological polar surface area (TPSA) is 84.8 Å². The summed E-state index contributed by atoms with van der Waals surface area (Å²) in [6.07, 6.45) is 2.29. The quantitative estimate of drug-likeness (QED) is 0.837.